The second-order valence-electron chi connectivity index (χ2n) is 7.17. The Kier molecular flexibility index (Phi) is 23.0. The van der Waals surface area contributed by atoms with Crippen molar-refractivity contribution in [3.63, 3.8) is 0 Å². The van der Waals surface area contributed by atoms with E-state index in [0.29, 0.717) is 79.3 Å². The maximum atomic E-state index is 11.2. The van der Waals surface area contributed by atoms with Gasteiger partial charge in [0, 0.05) is 6.08 Å². The summed E-state index contributed by atoms with van der Waals surface area (Å²) in [6, 6.07) is 0. The van der Waals surface area contributed by atoms with E-state index in [1.807, 2.05) is 0 Å². The Morgan fingerprint density at radius 2 is 0.853 bits per heavy atom. The van der Waals surface area contributed by atoms with Crippen molar-refractivity contribution in [2.75, 3.05) is 99.1 Å². The number of carbonyl (C=O) groups is 1. The van der Waals surface area contributed by atoms with Crippen LogP contribution < -0.4 is 0 Å². The Hall–Kier alpha value is -1.85. The van der Waals surface area contributed by atoms with Crippen molar-refractivity contribution in [3.05, 3.63) is 50.6 Å². The van der Waals surface area contributed by atoms with E-state index in [0.717, 1.165) is 6.08 Å². The van der Waals surface area contributed by atoms with Gasteiger partial charge in [0.05, 0.1) is 97.9 Å². The lowest BCUT2D eigenvalue weighted by molar-refractivity contribution is -0.142. The molecule has 0 aromatic rings. The lowest BCUT2D eigenvalue weighted by atomic mass is 9.92. The van der Waals surface area contributed by atoms with E-state index in [-0.39, 0.29) is 19.8 Å². The fourth-order valence-corrected chi connectivity index (χ4v) is 2.52. The third-order valence-electron chi connectivity index (χ3n) is 4.09. The van der Waals surface area contributed by atoms with Gasteiger partial charge < -0.3 is 37.9 Å². The Balaban J connectivity index is 4.88. The molecule has 0 heterocycles. The van der Waals surface area contributed by atoms with Gasteiger partial charge in [-0.1, -0.05) is 24.8 Å². The van der Waals surface area contributed by atoms with Crippen molar-refractivity contribution in [1.82, 2.24) is 0 Å². The van der Waals surface area contributed by atoms with Gasteiger partial charge in [0.2, 0.25) is 0 Å². The summed E-state index contributed by atoms with van der Waals surface area (Å²) < 4.78 is 44.5. The lowest BCUT2D eigenvalue weighted by Gasteiger charge is -2.33. The van der Waals surface area contributed by atoms with Gasteiger partial charge in [-0.2, -0.15) is 0 Å². The Morgan fingerprint density at radius 3 is 1.18 bits per heavy atom. The molecule has 0 fully saturated rings. The van der Waals surface area contributed by atoms with Gasteiger partial charge in [-0.15, -0.1) is 19.7 Å². The molecule has 0 spiro atoms. The molecule has 0 aromatic carbocycles. The van der Waals surface area contributed by atoms with Crippen LogP contribution >= 0.6 is 0 Å². The molecule has 0 aliphatic heterocycles. The summed E-state index contributed by atoms with van der Waals surface area (Å²) in [5.41, 5.74) is -0.599. The van der Waals surface area contributed by atoms with Gasteiger partial charge >= 0.3 is 5.97 Å². The summed E-state index contributed by atoms with van der Waals surface area (Å²) in [4.78, 5) is 11.2. The molecule has 0 aliphatic carbocycles. The molecule has 0 aliphatic rings. The lowest BCUT2D eigenvalue weighted by Crippen LogP contribution is -2.43. The Morgan fingerprint density at radius 1 is 0.529 bits per heavy atom. The van der Waals surface area contributed by atoms with Gasteiger partial charge in [-0.25, -0.2) is 4.79 Å². The molecular formula is C25H42O9. The van der Waals surface area contributed by atoms with Crippen LogP contribution in [-0.2, 0) is 42.7 Å². The van der Waals surface area contributed by atoms with Crippen molar-refractivity contribution in [1.29, 1.82) is 0 Å². The van der Waals surface area contributed by atoms with Crippen LogP contribution in [-0.4, -0.2) is 105 Å². The topological polar surface area (TPSA) is 90.9 Å². The Labute approximate surface area is 204 Å². The molecule has 0 saturated carbocycles. The van der Waals surface area contributed by atoms with Crippen LogP contribution in [0.25, 0.3) is 0 Å². The fraction of sp³-hybridized carbons (Fsp3) is 0.640. The molecule has 34 heavy (non-hydrogen) atoms. The van der Waals surface area contributed by atoms with Crippen molar-refractivity contribution in [2.24, 2.45) is 5.41 Å². The first-order valence-corrected chi connectivity index (χ1v) is 11.3. The highest BCUT2D eigenvalue weighted by atomic mass is 16.6. The SMILES string of the molecule is C=CCOCCOCC(COCCOCC=C)(COCCOCC=C)COCCOC(=O)C=C. The van der Waals surface area contributed by atoms with E-state index in [4.69, 9.17) is 37.9 Å². The van der Waals surface area contributed by atoms with Crippen LogP contribution in [0.1, 0.15) is 0 Å². The van der Waals surface area contributed by atoms with Gasteiger partial charge in [-0.05, 0) is 0 Å². The normalized spacial score (nSPS) is 11.2. The predicted octanol–water partition coefficient (Wildman–Crippen LogP) is 2.38. The zero-order valence-electron chi connectivity index (χ0n) is 20.4. The summed E-state index contributed by atoms with van der Waals surface area (Å²) in [7, 11) is 0. The van der Waals surface area contributed by atoms with Crippen molar-refractivity contribution >= 4 is 5.97 Å². The molecule has 0 aromatic heterocycles. The van der Waals surface area contributed by atoms with Gasteiger partial charge in [-0.3, -0.25) is 0 Å². The van der Waals surface area contributed by atoms with E-state index < -0.39 is 11.4 Å². The molecule has 196 valence electrons. The zero-order chi connectivity index (χ0) is 25.2. The molecule has 0 saturated heterocycles. The number of ether oxygens (including phenoxy) is 8. The minimum atomic E-state index is -0.599. The third-order valence-corrected chi connectivity index (χ3v) is 4.09. The van der Waals surface area contributed by atoms with E-state index in [1.165, 1.54) is 0 Å². The molecule has 0 rings (SSSR count). The quantitative estimate of drug-likeness (QED) is 0.0751. The molecule has 9 nitrogen and oxygen atoms in total. The predicted molar refractivity (Wildman–Crippen MR) is 130 cm³/mol. The summed E-state index contributed by atoms with van der Waals surface area (Å²) in [6.45, 7) is 19.7. The van der Waals surface area contributed by atoms with E-state index in [2.05, 4.69) is 26.3 Å². The minimum absolute atomic E-state index is 0.115. The maximum absolute atomic E-state index is 11.2. The molecule has 0 atom stereocenters. The van der Waals surface area contributed by atoms with Crippen molar-refractivity contribution in [3.8, 4) is 0 Å². The summed E-state index contributed by atoms with van der Waals surface area (Å²) in [5, 5.41) is 0. The van der Waals surface area contributed by atoms with Crippen LogP contribution in [0.5, 0.6) is 0 Å². The minimum Gasteiger partial charge on any atom is -0.460 e. The Bertz CT molecular complexity index is 486. The summed E-state index contributed by atoms with van der Waals surface area (Å²) in [6.07, 6.45) is 6.16. The molecular weight excluding hydrogens is 444 g/mol. The highest BCUT2D eigenvalue weighted by Crippen LogP contribution is 2.21. The average Bonchev–Trinajstić information content (AvgIpc) is 2.85. The molecule has 9 heteroatoms. The van der Waals surface area contributed by atoms with E-state index in [9.17, 15) is 4.79 Å². The standard InChI is InChI=1S/C25H42O9/c1-5-9-27-12-15-30-20-25(21-31-16-13-28-10-6-2,22-32-17-14-29-11-7-3)23-33-18-19-34-24(26)8-4/h5-8H,1-4,9-23H2. The molecule has 0 bridgehead atoms. The largest absolute Gasteiger partial charge is 0.460 e. The summed E-state index contributed by atoms with van der Waals surface area (Å²) >= 11 is 0. The van der Waals surface area contributed by atoms with Crippen LogP contribution in [0, 0.1) is 5.41 Å². The number of hydrogen-bond donors (Lipinski definition) is 0. The first-order valence-electron chi connectivity index (χ1n) is 11.3. The molecule has 0 N–H and O–H groups in total. The average molecular weight is 487 g/mol. The van der Waals surface area contributed by atoms with Gasteiger partial charge in [0.15, 0.2) is 0 Å². The van der Waals surface area contributed by atoms with Gasteiger partial charge in [0.1, 0.15) is 6.61 Å². The fourth-order valence-electron chi connectivity index (χ4n) is 2.52. The third kappa shape index (κ3) is 19.6. The molecule has 0 unspecified atom stereocenters. The monoisotopic (exact) mass is 486 g/mol. The highest BCUT2D eigenvalue weighted by Gasteiger charge is 2.32. The first kappa shape index (κ1) is 32.1. The van der Waals surface area contributed by atoms with E-state index >= 15 is 0 Å². The molecule has 0 radical (unpaired) electrons. The number of carbonyl (C=O) groups excluding carboxylic acids is 1. The number of hydrogen-bond acceptors (Lipinski definition) is 9. The van der Waals surface area contributed by atoms with Crippen LogP contribution in [0.2, 0.25) is 0 Å². The maximum Gasteiger partial charge on any atom is 0.330 e. The number of esters is 1. The van der Waals surface area contributed by atoms with Crippen molar-refractivity contribution < 1.29 is 42.7 Å². The molecule has 0 amide bonds. The second-order valence-corrected chi connectivity index (χ2v) is 7.17. The van der Waals surface area contributed by atoms with E-state index in [1.54, 1.807) is 18.2 Å². The first-order chi connectivity index (χ1) is 16.6. The van der Waals surface area contributed by atoms with Gasteiger partial charge in [0.25, 0.3) is 0 Å². The van der Waals surface area contributed by atoms with Crippen molar-refractivity contribution in [2.45, 2.75) is 0 Å². The smallest absolute Gasteiger partial charge is 0.330 e. The van der Waals surface area contributed by atoms with Crippen LogP contribution in [0.3, 0.4) is 0 Å². The summed E-state index contributed by atoms with van der Waals surface area (Å²) in [5.74, 6) is -0.497. The van der Waals surface area contributed by atoms with Crippen LogP contribution in [0.4, 0.5) is 0 Å². The number of rotatable bonds is 27. The van der Waals surface area contributed by atoms with Crippen LogP contribution in [0.15, 0.2) is 50.6 Å². The second kappa shape index (κ2) is 24.3. The zero-order valence-corrected chi connectivity index (χ0v) is 20.4. The highest BCUT2D eigenvalue weighted by molar-refractivity contribution is 5.81.